The highest BCUT2D eigenvalue weighted by Gasteiger charge is 2.46. The Kier molecular flexibility index (Phi) is 5.42. The number of nitrogens with zero attached hydrogens (tertiary/aromatic N) is 1. The molecule has 0 spiro atoms. The van der Waals surface area contributed by atoms with E-state index in [0.717, 1.165) is 31.6 Å². The molecule has 1 aliphatic heterocycles. The van der Waals surface area contributed by atoms with Crippen LogP contribution in [0.15, 0.2) is 18.2 Å². The first kappa shape index (κ1) is 16.9. The lowest BCUT2D eigenvalue weighted by atomic mass is 10.1. The van der Waals surface area contributed by atoms with E-state index in [1.807, 2.05) is 23.1 Å². The predicted molar refractivity (Wildman–Crippen MR) is 88.6 cm³/mol. The van der Waals surface area contributed by atoms with Crippen LogP contribution in [0.4, 0.5) is 0 Å². The zero-order valence-corrected chi connectivity index (χ0v) is 14.1. The van der Waals surface area contributed by atoms with Gasteiger partial charge >= 0.3 is 0 Å². The molecule has 2 aliphatic rings. The predicted octanol–water partition coefficient (Wildman–Crippen LogP) is 3.34. The van der Waals surface area contributed by atoms with E-state index < -0.39 is 0 Å². The molecule has 6 heteroatoms. The molecule has 21 heavy (non-hydrogen) atoms. The van der Waals surface area contributed by atoms with Crippen LogP contribution >= 0.6 is 35.6 Å². The molecule has 1 aromatic rings. The number of hydrogen-bond donors (Lipinski definition) is 1. The number of amides is 1. The molecule has 3 rings (SSSR count). The molecule has 1 amide bonds. The van der Waals surface area contributed by atoms with E-state index in [9.17, 15) is 4.79 Å². The van der Waals surface area contributed by atoms with Crippen molar-refractivity contribution >= 4 is 41.5 Å². The minimum atomic E-state index is 0. The maximum atomic E-state index is 12.5. The molecule has 1 saturated carbocycles. The highest BCUT2D eigenvalue weighted by atomic mass is 35.5. The van der Waals surface area contributed by atoms with Crippen LogP contribution < -0.4 is 5.32 Å². The standard InChI is InChI=1S/C15H18Cl2N2O.ClH/c1-9-8-18-4-5-19(9)15(20)12-7-11(12)10-2-3-13(16)14(17)6-10;/h2-3,6,9,11-12,18H,4-5,7-8H2,1H3;1H/t9-,11?,12?;/m0./s1. The average Bonchev–Trinajstić information content (AvgIpc) is 3.22. The van der Waals surface area contributed by atoms with Gasteiger partial charge < -0.3 is 10.2 Å². The van der Waals surface area contributed by atoms with Gasteiger partial charge in [-0.2, -0.15) is 0 Å². The third-order valence-electron chi connectivity index (χ3n) is 4.26. The number of hydrogen-bond acceptors (Lipinski definition) is 2. The summed E-state index contributed by atoms with van der Waals surface area (Å²) < 4.78 is 0. The van der Waals surface area contributed by atoms with E-state index in [-0.39, 0.29) is 30.3 Å². The second-order valence-electron chi connectivity index (χ2n) is 5.71. The topological polar surface area (TPSA) is 32.3 Å². The minimum absolute atomic E-state index is 0. The molecule has 2 fully saturated rings. The van der Waals surface area contributed by atoms with Gasteiger partial charge in [-0.15, -0.1) is 12.4 Å². The van der Waals surface area contributed by atoms with Gasteiger partial charge in [0.15, 0.2) is 0 Å². The third-order valence-corrected chi connectivity index (χ3v) is 5.00. The SMILES string of the molecule is C[C@H]1CNCCN1C(=O)C1CC1c1ccc(Cl)c(Cl)c1.Cl. The number of carbonyl (C=O) groups excluding carboxylic acids is 1. The van der Waals surface area contributed by atoms with Crippen molar-refractivity contribution < 1.29 is 4.79 Å². The van der Waals surface area contributed by atoms with Crippen molar-refractivity contribution in [3.63, 3.8) is 0 Å². The van der Waals surface area contributed by atoms with Gasteiger partial charge in [0.05, 0.1) is 10.0 Å². The van der Waals surface area contributed by atoms with Crippen molar-refractivity contribution in [1.82, 2.24) is 10.2 Å². The second-order valence-corrected chi connectivity index (χ2v) is 6.52. The van der Waals surface area contributed by atoms with Crippen molar-refractivity contribution in [2.45, 2.75) is 25.3 Å². The van der Waals surface area contributed by atoms with Crippen molar-refractivity contribution in [1.29, 1.82) is 0 Å². The number of piperazine rings is 1. The Hall–Kier alpha value is -0.480. The van der Waals surface area contributed by atoms with Gasteiger partial charge in [-0.25, -0.2) is 0 Å². The van der Waals surface area contributed by atoms with Crippen LogP contribution in [-0.2, 0) is 4.79 Å². The molecule has 1 aliphatic carbocycles. The molecule has 3 nitrogen and oxygen atoms in total. The van der Waals surface area contributed by atoms with Gasteiger partial charge in [-0.1, -0.05) is 29.3 Å². The first-order valence-electron chi connectivity index (χ1n) is 7.04. The van der Waals surface area contributed by atoms with Crippen molar-refractivity contribution in [3.8, 4) is 0 Å². The minimum Gasteiger partial charge on any atom is -0.337 e. The highest BCUT2D eigenvalue weighted by Crippen LogP contribution is 2.49. The fourth-order valence-electron chi connectivity index (χ4n) is 2.96. The zero-order chi connectivity index (χ0) is 14.3. The Morgan fingerprint density at radius 3 is 2.76 bits per heavy atom. The number of benzene rings is 1. The summed E-state index contributed by atoms with van der Waals surface area (Å²) in [5.41, 5.74) is 1.13. The molecule has 3 atom stereocenters. The van der Waals surface area contributed by atoms with Crippen LogP contribution in [-0.4, -0.2) is 36.5 Å². The quantitative estimate of drug-likeness (QED) is 0.888. The average molecular weight is 350 g/mol. The highest BCUT2D eigenvalue weighted by molar-refractivity contribution is 6.42. The van der Waals surface area contributed by atoms with Gasteiger partial charge in [0.1, 0.15) is 0 Å². The lowest BCUT2D eigenvalue weighted by Gasteiger charge is -2.34. The second kappa shape index (κ2) is 6.74. The van der Waals surface area contributed by atoms with Gasteiger partial charge in [-0.05, 0) is 37.0 Å². The monoisotopic (exact) mass is 348 g/mol. The lowest BCUT2D eigenvalue weighted by Crippen LogP contribution is -2.52. The molecule has 2 unspecified atom stereocenters. The summed E-state index contributed by atoms with van der Waals surface area (Å²) in [5, 5.41) is 4.44. The summed E-state index contributed by atoms with van der Waals surface area (Å²) in [5.74, 6) is 0.710. The molecule has 0 radical (unpaired) electrons. The fourth-order valence-corrected chi connectivity index (χ4v) is 3.27. The first-order chi connectivity index (χ1) is 9.58. The van der Waals surface area contributed by atoms with Gasteiger partial charge in [-0.3, -0.25) is 4.79 Å². The van der Waals surface area contributed by atoms with Crippen molar-refractivity contribution in [2.75, 3.05) is 19.6 Å². The maximum Gasteiger partial charge on any atom is 0.226 e. The van der Waals surface area contributed by atoms with Gasteiger partial charge in [0, 0.05) is 31.6 Å². The Labute approximate surface area is 141 Å². The van der Waals surface area contributed by atoms with E-state index in [0.29, 0.717) is 16.0 Å². The molecule has 116 valence electrons. The first-order valence-corrected chi connectivity index (χ1v) is 7.79. The summed E-state index contributed by atoms with van der Waals surface area (Å²) in [4.78, 5) is 14.6. The summed E-state index contributed by atoms with van der Waals surface area (Å²) in [6, 6.07) is 5.97. The zero-order valence-electron chi connectivity index (χ0n) is 11.8. The summed E-state index contributed by atoms with van der Waals surface area (Å²) in [6.45, 7) is 4.68. The summed E-state index contributed by atoms with van der Waals surface area (Å²) in [6.07, 6.45) is 0.924. The van der Waals surface area contributed by atoms with Gasteiger partial charge in [0.25, 0.3) is 0 Å². The van der Waals surface area contributed by atoms with E-state index >= 15 is 0 Å². The molecule has 1 aromatic carbocycles. The molecule has 0 bridgehead atoms. The van der Waals surface area contributed by atoms with Crippen molar-refractivity contribution in [2.24, 2.45) is 5.92 Å². The number of halogens is 3. The molecule has 1 heterocycles. The van der Waals surface area contributed by atoms with Crippen LogP contribution in [0.2, 0.25) is 10.0 Å². The van der Waals surface area contributed by atoms with E-state index in [1.165, 1.54) is 0 Å². The number of rotatable bonds is 2. The van der Waals surface area contributed by atoms with Gasteiger partial charge in [0.2, 0.25) is 5.91 Å². The Bertz CT molecular complexity index is 538. The molecule has 0 aromatic heterocycles. The van der Waals surface area contributed by atoms with Crippen LogP contribution in [0.3, 0.4) is 0 Å². The van der Waals surface area contributed by atoms with Crippen LogP contribution in [0.1, 0.15) is 24.8 Å². The van der Waals surface area contributed by atoms with Crippen LogP contribution in [0, 0.1) is 5.92 Å². The van der Waals surface area contributed by atoms with E-state index in [1.54, 1.807) is 0 Å². The molecule has 1 saturated heterocycles. The van der Waals surface area contributed by atoms with E-state index in [2.05, 4.69) is 12.2 Å². The fraction of sp³-hybridized carbons (Fsp3) is 0.533. The largest absolute Gasteiger partial charge is 0.337 e. The Balaban J connectivity index is 0.00000161. The normalized spacial score (nSPS) is 28.0. The Morgan fingerprint density at radius 2 is 2.10 bits per heavy atom. The van der Waals surface area contributed by atoms with Crippen LogP contribution in [0.25, 0.3) is 0 Å². The molecular formula is C15H19Cl3N2O. The van der Waals surface area contributed by atoms with Crippen LogP contribution in [0.5, 0.6) is 0 Å². The van der Waals surface area contributed by atoms with E-state index in [4.69, 9.17) is 23.2 Å². The van der Waals surface area contributed by atoms with Crippen molar-refractivity contribution in [3.05, 3.63) is 33.8 Å². The lowest BCUT2D eigenvalue weighted by molar-refractivity contribution is -0.135. The summed E-state index contributed by atoms with van der Waals surface area (Å²) >= 11 is 12.0. The molecule has 1 N–H and O–H groups in total. The maximum absolute atomic E-state index is 12.5. The smallest absolute Gasteiger partial charge is 0.226 e. The molecular weight excluding hydrogens is 331 g/mol. The third kappa shape index (κ3) is 3.48. The Morgan fingerprint density at radius 1 is 1.33 bits per heavy atom. The number of carbonyl (C=O) groups is 1. The number of nitrogens with one attached hydrogen (secondary N) is 1. The summed E-state index contributed by atoms with van der Waals surface area (Å²) in [7, 11) is 0.